The number of benzene rings is 1. The second kappa shape index (κ2) is 5.02. The van der Waals surface area contributed by atoms with Gasteiger partial charge in [-0.15, -0.1) is 6.58 Å². The van der Waals surface area contributed by atoms with Crippen molar-refractivity contribution < 1.29 is 5.11 Å². The van der Waals surface area contributed by atoms with Crippen molar-refractivity contribution in [2.24, 2.45) is 0 Å². The molecule has 0 bridgehead atoms. The molecule has 1 nitrogen and oxygen atoms in total. The fourth-order valence-corrected chi connectivity index (χ4v) is 1.66. The zero-order valence-corrected chi connectivity index (χ0v) is 10.1. The molecule has 15 heavy (non-hydrogen) atoms. The molecule has 0 heterocycles. The van der Waals surface area contributed by atoms with Gasteiger partial charge in [-0.2, -0.15) is 0 Å². The highest BCUT2D eigenvalue weighted by molar-refractivity contribution is 6.42. The van der Waals surface area contributed by atoms with Crippen LogP contribution in [0, 0.1) is 0 Å². The quantitative estimate of drug-likeness (QED) is 0.789. The van der Waals surface area contributed by atoms with Crippen LogP contribution < -0.4 is 0 Å². The highest BCUT2D eigenvalue weighted by Crippen LogP contribution is 2.31. The molecule has 1 rings (SSSR count). The van der Waals surface area contributed by atoms with Crippen LogP contribution in [0.4, 0.5) is 0 Å². The van der Waals surface area contributed by atoms with Gasteiger partial charge in [0.05, 0.1) is 15.6 Å². The molecular weight excluding hydrogens is 231 g/mol. The third kappa shape index (κ3) is 3.23. The Balaban J connectivity index is 2.93. The molecule has 0 saturated carbocycles. The van der Waals surface area contributed by atoms with Crippen molar-refractivity contribution in [1.29, 1.82) is 0 Å². The standard InChI is InChI=1S/C12H14Cl2O/c1-3-4-7-12(2,15)9-5-6-10(13)11(14)8-9/h3,5-6,8,15H,1,4,7H2,2H3. The van der Waals surface area contributed by atoms with Crippen molar-refractivity contribution in [3.8, 4) is 0 Å². The molecule has 3 heteroatoms. The lowest BCUT2D eigenvalue weighted by Gasteiger charge is -2.23. The molecule has 0 amide bonds. The maximum atomic E-state index is 10.2. The molecule has 1 N–H and O–H groups in total. The first-order chi connectivity index (χ1) is 6.97. The summed E-state index contributed by atoms with van der Waals surface area (Å²) in [6, 6.07) is 5.19. The highest BCUT2D eigenvalue weighted by Gasteiger charge is 2.22. The molecule has 1 atom stereocenters. The van der Waals surface area contributed by atoms with Crippen molar-refractivity contribution in [2.75, 3.05) is 0 Å². The van der Waals surface area contributed by atoms with E-state index in [1.165, 1.54) is 0 Å². The summed E-state index contributed by atoms with van der Waals surface area (Å²) in [7, 11) is 0. The largest absolute Gasteiger partial charge is 0.385 e. The van der Waals surface area contributed by atoms with Crippen LogP contribution in [0.25, 0.3) is 0 Å². The summed E-state index contributed by atoms with van der Waals surface area (Å²) >= 11 is 11.7. The summed E-state index contributed by atoms with van der Waals surface area (Å²) < 4.78 is 0. The van der Waals surface area contributed by atoms with Crippen LogP contribution in [0.15, 0.2) is 30.9 Å². The summed E-state index contributed by atoms with van der Waals surface area (Å²) in [6.45, 7) is 5.39. The first-order valence-electron chi connectivity index (χ1n) is 4.76. The van der Waals surface area contributed by atoms with Gasteiger partial charge in [0, 0.05) is 0 Å². The Labute approximate surface area is 100 Å². The van der Waals surface area contributed by atoms with Crippen LogP contribution >= 0.6 is 23.2 Å². The summed E-state index contributed by atoms with van der Waals surface area (Å²) in [4.78, 5) is 0. The second-order valence-electron chi connectivity index (χ2n) is 3.73. The van der Waals surface area contributed by atoms with E-state index in [-0.39, 0.29) is 0 Å². The Kier molecular flexibility index (Phi) is 4.21. The molecule has 0 radical (unpaired) electrons. The van der Waals surface area contributed by atoms with Crippen molar-refractivity contribution in [1.82, 2.24) is 0 Å². The minimum atomic E-state index is -0.886. The molecule has 1 aromatic rings. The van der Waals surface area contributed by atoms with Gasteiger partial charge in [0.2, 0.25) is 0 Å². The van der Waals surface area contributed by atoms with Crippen LogP contribution in [0.5, 0.6) is 0 Å². The molecule has 0 aliphatic carbocycles. The molecule has 0 spiro atoms. The van der Waals surface area contributed by atoms with E-state index in [0.717, 1.165) is 12.0 Å². The predicted octanol–water partition coefficient (Wildman–Crippen LogP) is 4.17. The smallest absolute Gasteiger partial charge is 0.0872 e. The first kappa shape index (κ1) is 12.6. The molecule has 0 fully saturated rings. The predicted molar refractivity (Wildman–Crippen MR) is 65.5 cm³/mol. The summed E-state index contributed by atoms with van der Waals surface area (Å²) in [5.41, 5.74) is -0.110. The van der Waals surface area contributed by atoms with Crippen LogP contribution in [0.2, 0.25) is 10.0 Å². The molecular formula is C12H14Cl2O. The minimum Gasteiger partial charge on any atom is -0.385 e. The zero-order valence-electron chi connectivity index (χ0n) is 8.63. The van der Waals surface area contributed by atoms with Crippen molar-refractivity contribution in [3.63, 3.8) is 0 Å². The van der Waals surface area contributed by atoms with Gasteiger partial charge in [-0.1, -0.05) is 35.3 Å². The maximum absolute atomic E-state index is 10.2. The molecule has 1 aromatic carbocycles. The van der Waals surface area contributed by atoms with Crippen molar-refractivity contribution in [3.05, 3.63) is 46.5 Å². The topological polar surface area (TPSA) is 20.2 Å². The average molecular weight is 245 g/mol. The van der Waals surface area contributed by atoms with Crippen molar-refractivity contribution >= 4 is 23.2 Å². The normalized spacial score (nSPS) is 14.7. The lowest BCUT2D eigenvalue weighted by Crippen LogP contribution is -2.20. The summed E-state index contributed by atoms with van der Waals surface area (Å²) in [5.74, 6) is 0. The van der Waals surface area contributed by atoms with Gasteiger partial charge in [0.1, 0.15) is 0 Å². The molecule has 0 aliphatic heterocycles. The molecule has 0 aromatic heterocycles. The number of hydrogen-bond donors (Lipinski definition) is 1. The Bertz CT molecular complexity index is 359. The Hall–Kier alpha value is -0.500. The van der Waals surface area contributed by atoms with E-state index >= 15 is 0 Å². The number of allylic oxidation sites excluding steroid dienone is 1. The Morgan fingerprint density at radius 2 is 2.07 bits per heavy atom. The summed E-state index contributed by atoms with van der Waals surface area (Å²) in [6.07, 6.45) is 3.16. The fraction of sp³-hybridized carbons (Fsp3) is 0.333. The molecule has 82 valence electrons. The van der Waals surface area contributed by atoms with Gasteiger partial charge in [0.25, 0.3) is 0 Å². The Morgan fingerprint density at radius 3 is 2.60 bits per heavy atom. The van der Waals surface area contributed by atoms with E-state index in [2.05, 4.69) is 6.58 Å². The zero-order chi connectivity index (χ0) is 11.5. The van der Waals surface area contributed by atoms with Crippen LogP contribution in [0.1, 0.15) is 25.3 Å². The third-order valence-electron chi connectivity index (χ3n) is 2.38. The first-order valence-corrected chi connectivity index (χ1v) is 5.52. The average Bonchev–Trinajstić information content (AvgIpc) is 2.19. The second-order valence-corrected chi connectivity index (χ2v) is 4.54. The Morgan fingerprint density at radius 1 is 1.40 bits per heavy atom. The van der Waals surface area contributed by atoms with Gasteiger partial charge in [0.15, 0.2) is 0 Å². The van der Waals surface area contributed by atoms with Gasteiger partial charge >= 0.3 is 0 Å². The lowest BCUT2D eigenvalue weighted by atomic mass is 9.91. The molecule has 1 unspecified atom stereocenters. The van der Waals surface area contributed by atoms with E-state index in [1.54, 1.807) is 31.2 Å². The number of hydrogen-bond acceptors (Lipinski definition) is 1. The number of halogens is 2. The monoisotopic (exact) mass is 244 g/mol. The van der Waals surface area contributed by atoms with Crippen LogP contribution in [-0.4, -0.2) is 5.11 Å². The van der Waals surface area contributed by atoms with Gasteiger partial charge in [-0.25, -0.2) is 0 Å². The van der Waals surface area contributed by atoms with E-state index in [1.807, 2.05) is 0 Å². The van der Waals surface area contributed by atoms with E-state index in [0.29, 0.717) is 16.5 Å². The molecule has 0 aliphatic rings. The van der Waals surface area contributed by atoms with Crippen LogP contribution in [-0.2, 0) is 5.60 Å². The fourth-order valence-electron chi connectivity index (χ4n) is 1.36. The van der Waals surface area contributed by atoms with Gasteiger partial charge < -0.3 is 5.11 Å². The van der Waals surface area contributed by atoms with E-state index < -0.39 is 5.60 Å². The number of aliphatic hydroxyl groups is 1. The van der Waals surface area contributed by atoms with Crippen LogP contribution in [0.3, 0.4) is 0 Å². The third-order valence-corrected chi connectivity index (χ3v) is 3.12. The van der Waals surface area contributed by atoms with Crippen molar-refractivity contribution in [2.45, 2.75) is 25.4 Å². The molecule has 0 saturated heterocycles. The van der Waals surface area contributed by atoms with Gasteiger partial charge in [-0.05, 0) is 37.5 Å². The van der Waals surface area contributed by atoms with E-state index in [4.69, 9.17) is 23.2 Å². The lowest BCUT2D eigenvalue weighted by molar-refractivity contribution is 0.0488. The minimum absolute atomic E-state index is 0.466. The number of rotatable bonds is 4. The summed E-state index contributed by atoms with van der Waals surface area (Å²) in [5, 5.41) is 11.1. The maximum Gasteiger partial charge on any atom is 0.0872 e. The SMILES string of the molecule is C=CCCC(C)(O)c1ccc(Cl)c(Cl)c1. The van der Waals surface area contributed by atoms with E-state index in [9.17, 15) is 5.11 Å². The van der Waals surface area contributed by atoms with Gasteiger partial charge in [-0.3, -0.25) is 0 Å². The highest BCUT2D eigenvalue weighted by atomic mass is 35.5.